The van der Waals surface area contributed by atoms with Crippen LogP contribution in [0.25, 0.3) is 10.9 Å². The Morgan fingerprint density at radius 3 is 2.21 bits per heavy atom. The Bertz CT molecular complexity index is 916. The van der Waals surface area contributed by atoms with Crippen molar-refractivity contribution in [3.05, 3.63) is 38.8 Å². The summed E-state index contributed by atoms with van der Waals surface area (Å²) in [6.45, 7) is 6.03. The van der Waals surface area contributed by atoms with Gasteiger partial charge < -0.3 is 15.4 Å². The Kier molecular flexibility index (Phi) is 6.72. The molecule has 0 saturated carbocycles. The molecule has 2 fully saturated rings. The zero-order chi connectivity index (χ0) is 20.1. The molecule has 3 heterocycles. The van der Waals surface area contributed by atoms with Crippen molar-refractivity contribution in [3.63, 3.8) is 0 Å². The molecule has 0 bridgehead atoms. The van der Waals surface area contributed by atoms with E-state index in [1.54, 1.807) is 13.0 Å². The number of benzene rings is 1. The van der Waals surface area contributed by atoms with Crippen molar-refractivity contribution in [2.75, 3.05) is 31.1 Å². The third kappa shape index (κ3) is 4.22. The fourth-order valence-electron chi connectivity index (χ4n) is 3.85. The van der Waals surface area contributed by atoms with Gasteiger partial charge in [0, 0.05) is 19.6 Å². The molecular weight excluding hydrogens is 363 g/mol. The van der Waals surface area contributed by atoms with Crippen LogP contribution in [0, 0.1) is 5.82 Å². The molecule has 154 valence electrons. The molecule has 0 atom stereocenters. The molecule has 2 saturated heterocycles. The fourth-order valence-corrected chi connectivity index (χ4v) is 3.85. The van der Waals surface area contributed by atoms with Gasteiger partial charge in [0.15, 0.2) is 0 Å². The average molecular weight is 392 g/mol. The third-order valence-corrected chi connectivity index (χ3v) is 5.41. The summed E-state index contributed by atoms with van der Waals surface area (Å²) in [7, 11) is 0. The number of fused-ring (bicyclic) bond motifs is 1. The number of nitrogens with one attached hydrogen (secondary N) is 1. The van der Waals surface area contributed by atoms with Crippen molar-refractivity contribution < 1.29 is 9.60 Å². The lowest BCUT2D eigenvalue weighted by molar-refractivity contribution is 0.157. The van der Waals surface area contributed by atoms with Crippen molar-refractivity contribution in [1.82, 2.24) is 14.6 Å². The number of rotatable bonds is 2. The van der Waals surface area contributed by atoms with Gasteiger partial charge in [0.2, 0.25) is 0 Å². The number of aromatic nitrogens is 2. The number of hydrogen-bond acceptors (Lipinski definition) is 5. The highest BCUT2D eigenvalue weighted by molar-refractivity contribution is 5.82. The van der Waals surface area contributed by atoms with Gasteiger partial charge in [0.05, 0.1) is 16.6 Å². The average Bonchev–Trinajstić information content (AvgIpc) is 2.75. The smallest absolute Gasteiger partial charge is 0.364 e. The Morgan fingerprint density at radius 2 is 1.68 bits per heavy atom. The Morgan fingerprint density at radius 1 is 1.04 bits per heavy atom. The molecule has 2 aromatic rings. The molecule has 2 aliphatic rings. The molecule has 28 heavy (non-hydrogen) atoms. The number of nitrogens with zero attached hydrogens (tertiary/aromatic N) is 3. The van der Waals surface area contributed by atoms with Crippen LogP contribution in [0.15, 0.2) is 21.7 Å². The van der Waals surface area contributed by atoms with Crippen LogP contribution in [0.3, 0.4) is 0 Å². The first-order chi connectivity index (χ1) is 13.5. The molecule has 7 nitrogen and oxygen atoms in total. The lowest BCUT2D eigenvalue weighted by atomic mass is 10.1. The third-order valence-electron chi connectivity index (χ3n) is 5.41. The van der Waals surface area contributed by atoms with E-state index in [-0.39, 0.29) is 16.7 Å². The molecule has 0 spiro atoms. The molecule has 0 unspecified atom stereocenters. The van der Waals surface area contributed by atoms with Crippen LogP contribution in [0.1, 0.15) is 45.4 Å². The van der Waals surface area contributed by atoms with Crippen LogP contribution in [-0.4, -0.2) is 40.7 Å². The van der Waals surface area contributed by atoms with Crippen molar-refractivity contribution in [1.29, 1.82) is 0 Å². The van der Waals surface area contributed by atoms with Crippen LogP contribution in [0.5, 0.6) is 0 Å². The van der Waals surface area contributed by atoms with E-state index in [4.69, 9.17) is 0 Å². The minimum absolute atomic E-state index is 0.00205. The predicted molar refractivity (Wildman–Crippen MR) is 108 cm³/mol. The van der Waals surface area contributed by atoms with Gasteiger partial charge in [-0.2, -0.15) is 0 Å². The maximum atomic E-state index is 14.4. The van der Waals surface area contributed by atoms with E-state index in [0.717, 1.165) is 38.4 Å². The van der Waals surface area contributed by atoms with Crippen LogP contribution in [0.4, 0.5) is 10.1 Å². The second kappa shape index (κ2) is 9.23. The Hall–Kier alpha value is -2.35. The molecule has 0 amide bonds. The highest BCUT2D eigenvalue weighted by Gasteiger charge is 2.19. The zero-order valence-electron chi connectivity index (χ0n) is 16.4. The van der Waals surface area contributed by atoms with Gasteiger partial charge in [-0.3, -0.25) is 9.36 Å². The summed E-state index contributed by atoms with van der Waals surface area (Å²) in [6, 6.07) is 2.65. The minimum Gasteiger partial charge on any atom is -0.421 e. The van der Waals surface area contributed by atoms with E-state index in [9.17, 15) is 19.2 Å². The van der Waals surface area contributed by atoms with Crippen LogP contribution >= 0.6 is 0 Å². The van der Waals surface area contributed by atoms with Gasteiger partial charge in [-0.25, -0.2) is 9.18 Å². The molecular formula is C20H29FN4O3. The molecule has 2 N–H and O–H groups in total. The molecule has 4 rings (SSSR count). The summed E-state index contributed by atoms with van der Waals surface area (Å²) < 4.78 is 15.7. The number of aryl methyl sites for hydroxylation is 1. The van der Waals surface area contributed by atoms with Gasteiger partial charge in [-0.1, -0.05) is 11.2 Å². The monoisotopic (exact) mass is 392 g/mol. The van der Waals surface area contributed by atoms with Crippen LogP contribution in [-0.2, 0) is 6.54 Å². The van der Waals surface area contributed by atoms with Gasteiger partial charge in [-0.15, -0.1) is 0 Å². The van der Waals surface area contributed by atoms with E-state index in [1.165, 1.54) is 36.9 Å². The van der Waals surface area contributed by atoms with Gasteiger partial charge in [-0.05, 0) is 64.3 Å². The summed E-state index contributed by atoms with van der Waals surface area (Å²) in [6.07, 6.45) is 7.33. The molecule has 1 aromatic heterocycles. The maximum absolute atomic E-state index is 14.4. The van der Waals surface area contributed by atoms with Gasteiger partial charge in [0.1, 0.15) is 5.82 Å². The Labute approximate surface area is 163 Å². The number of halogens is 1. The second-order valence-corrected chi connectivity index (χ2v) is 7.32. The number of hydrogen-bond donors (Lipinski definition) is 2. The van der Waals surface area contributed by atoms with E-state index in [0.29, 0.717) is 11.2 Å². The summed E-state index contributed by atoms with van der Waals surface area (Å²) >= 11 is 0. The molecule has 8 heteroatoms. The number of anilines is 1. The minimum atomic E-state index is -0.895. The second-order valence-electron chi connectivity index (χ2n) is 7.32. The van der Waals surface area contributed by atoms with Crippen molar-refractivity contribution in [3.8, 4) is 0 Å². The lowest BCUT2D eigenvalue weighted by Crippen LogP contribution is -2.39. The summed E-state index contributed by atoms with van der Waals surface area (Å²) in [5.41, 5.74) is -0.946. The fraction of sp³-hybridized carbons (Fsp3) is 0.600. The molecule has 1 aromatic carbocycles. The molecule has 0 aliphatic carbocycles. The Balaban J connectivity index is 0.000000320. The van der Waals surface area contributed by atoms with Crippen molar-refractivity contribution in [2.24, 2.45) is 0 Å². The first-order valence-corrected chi connectivity index (χ1v) is 10.2. The largest absolute Gasteiger partial charge is 0.421 e. The quantitative estimate of drug-likeness (QED) is 0.767. The van der Waals surface area contributed by atoms with Crippen molar-refractivity contribution in [2.45, 2.75) is 52.0 Å². The number of piperidine rings is 2. The first kappa shape index (κ1) is 20.4. The standard InChI is InChI=1S/C15H18FN3O3.C5H11N/c1-2-18-12-9-13(17-6-4-3-5-7-17)11(16)8-10(12)14(20)19(22)15(18)21;1-2-4-6-5-3-1/h8-9,22H,2-7H2,1H3;6H,1-5H2. The van der Waals surface area contributed by atoms with Crippen LogP contribution < -0.4 is 21.5 Å². The van der Waals surface area contributed by atoms with Gasteiger partial charge >= 0.3 is 5.69 Å². The highest BCUT2D eigenvalue weighted by atomic mass is 19.1. The van der Waals surface area contributed by atoms with E-state index >= 15 is 0 Å². The normalized spacial score (nSPS) is 17.3. The SMILES string of the molecule is C1CCNCC1.CCn1c(=O)n(O)c(=O)c2cc(F)c(N3CCCCC3)cc21. The summed E-state index contributed by atoms with van der Waals surface area (Å²) in [5.74, 6) is -0.507. The lowest BCUT2D eigenvalue weighted by Gasteiger charge is -2.29. The van der Waals surface area contributed by atoms with E-state index < -0.39 is 17.1 Å². The predicted octanol–water partition coefficient (Wildman–Crippen LogP) is 2.31. The van der Waals surface area contributed by atoms with Crippen molar-refractivity contribution >= 4 is 16.6 Å². The molecule has 0 radical (unpaired) electrons. The molecule has 2 aliphatic heterocycles. The summed E-state index contributed by atoms with van der Waals surface area (Å²) in [5, 5.41) is 12.8. The first-order valence-electron chi connectivity index (χ1n) is 10.2. The summed E-state index contributed by atoms with van der Waals surface area (Å²) in [4.78, 5) is 25.9. The maximum Gasteiger partial charge on any atom is 0.364 e. The topological polar surface area (TPSA) is 79.5 Å². The highest BCUT2D eigenvalue weighted by Crippen LogP contribution is 2.26. The van der Waals surface area contributed by atoms with E-state index in [2.05, 4.69) is 5.32 Å². The zero-order valence-corrected chi connectivity index (χ0v) is 16.4. The van der Waals surface area contributed by atoms with Gasteiger partial charge in [0.25, 0.3) is 5.56 Å². The van der Waals surface area contributed by atoms with E-state index in [1.807, 2.05) is 4.90 Å². The van der Waals surface area contributed by atoms with Crippen LogP contribution in [0.2, 0.25) is 0 Å².